The molecule has 0 aromatic carbocycles. The zero-order valence-corrected chi connectivity index (χ0v) is 16.6. The Morgan fingerprint density at radius 1 is 1.33 bits per heavy atom. The molecule has 3 rings (SSSR count). The number of piperidine rings is 1. The largest absolute Gasteiger partial charge is 0.383 e. The number of carbonyl (C=O) groups is 1. The number of ether oxygens (including phenoxy) is 1. The van der Waals surface area contributed by atoms with Crippen LogP contribution in [-0.2, 0) is 16.6 Å². The van der Waals surface area contributed by atoms with Gasteiger partial charge in [-0.1, -0.05) is 24.7 Å². The van der Waals surface area contributed by atoms with Crippen molar-refractivity contribution in [1.82, 2.24) is 20.0 Å². The summed E-state index contributed by atoms with van der Waals surface area (Å²) in [5, 5.41) is 7.19. The molecule has 6 nitrogen and oxygen atoms in total. The number of rotatable bonds is 6. The Morgan fingerprint density at radius 2 is 2.07 bits per heavy atom. The average Bonchev–Trinajstić information content (AvgIpc) is 3.35. The second-order valence-electron chi connectivity index (χ2n) is 7.76. The molecule has 1 unspecified atom stereocenters. The number of amides is 1. The second-order valence-corrected chi connectivity index (χ2v) is 7.76. The SMILES string of the molecule is COCCNC(=O)C1CCN(C(C#Cc2cnn(C)c2)C2CCCC2)CC1. The van der Waals surface area contributed by atoms with Crippen LogP contribution in [0.3, 0.4) is 0 Å². The van der Waals surface area contributed by atoms with E-state index in [1.54, 1.807) is 11.8 Å². The summed E-state index contributed by atoms with van der Waals surface area (Å²) < 4.78 is 6.80. The molecule has 1 amide bonds. The molecule has 1 aliphatic carbocycles. The molecule has 1 aliphatic heterocycles. The first-order valence-corrected chi connectivity index (χ1v) is 10.2. The first-order chi connectivity index (χ1) is 13.2. The van der Waals surface area contributed by atoms with E-state index in [-0.39, 0.29) is 11.8 Å². The number of hydrogen-bond acceptors (Lipinski definition) is 4. The summed E-state index contributed by atoms with van der Waals surface area (Å²) in [6, 6.07) is 0.296. The molecule has 1 saturated heterocycles. The van der Waals surface area contributed by atoms with Crippen molar-refractivity contribution in [2.75, 3.05) is 33.4 Å². The van der Waals surface area contributed by atoms with E-state index in [1.807, 2.05) is 19.4 Å². The lowest BCUT2D eigenvalue weighted by Gasteiger charge is -2.37. The fourth-order valence-corrected chi connectivity index (χ4v) is 4.28. The summed E-state index contributed by atoms with van der Waals surface area (Å²) in [6.07, 6.45) is 10.8. The van der Waals surface area contributed by atoms with Gasteiger partial charge in [-0.3, -0.25) is 14.4 Å². The van der Waals surface area contributed by atoms with Crippen molar-refractivity contribution >= 4 is 5.91 Å². The molecule has 2 heterocycles. The van der Waals surface area contributed by atoms with Crippen molar-refractivity contribution in [3.05, 3.63) is 18.0 Å². The Balaban J connectivity index is 1.59. The minimum Gasteiger partial charge on any atom is -0.383 e. The predicted molar refractivity (Wildman–Crippen MR) is 105 cm³/mol. The lowest BCUT2D eigenvalue weighted by Crippen LogP contribution is -2.47. The van der Waals surface area contributed by atoms with Gasteiger partial charge in [0.1, 0.15) is 0 Å². The molecule has 1 atom stereocenters. The third-order valence-corrected chi connectivity index (χ3v) is 5.81. The van der Waals surface area contributed by atoms with E-state index in [1.165, 1.54) is 25.7 Å². The third-order valence-electron chi connectivity index (χ3n) is 5.81. The van der Waals surface area contributed by atoms with Crippen LogP contribution in [0.1, 0.15) is 44.1 Å². The van der Waals surface area contributed by atoms with E-state index < -0.39 is 0 Å². The molecular weight excluding hydrogens is 340 g/mol. The van der Waals surface area contributed by atoms with Crippen LogP contribution in [0.5, 0.6) is 0 Å². The highest BCUT2D eigenvalue weighted by molar-refractivity contribution is 5.78. The van der Waals surface area contributed by atoms with E-state index in [0.29, 0.717) is 25.1 Å². The summed E-state index contributed by atoms with van der Waals surface area (Å²) in [5.74, 6) is 7.84. The monoisotopic (exact) mass is 372 g/mol. The second kappa shape index (κ2) is 9.91. The van der Waals surface area contributed by atoms with E-state index in [9.17, 15) is 4.79 Å². The lowest BCUT2D eigenvalue weighted by molar-refractivity contribution is -0.126. The van der Waals surface area contributed by atoms with Gasteiger partial charge in [-0.15, -0.1) is 0 Å². The van der Waals surface area contributed by atoms with Gasteiger partial charge in [0.05, 0.1) is 24.4 Å². The van der Waals surface area contributed by atoms with Crippen molar-refractivity contribution in [1.29, 1.82) is 0 Å². The van der Waals surface area contributed by atoms with Gasteiger partial charge in [0.25, 0.3) is 0 Å². The van der Waals surface area contributed by atoms with Crippen LogP contribution in [0.15, 0.2) is 12.4 Å². The maximum Gasteiger partial charge on any atom is 0.223 e. The fraction of sp³-hybridized carbons (Fsp3) is 0.714. The molecule has 1 aromatic rings. The quantitative estimate of drug-likeness (QED) is 0.611. The van der Waals surface area contributed by atoms with Crippen LogP contribution in [0.2, 0.25) is 0 Å². The molecule has 0 radical (unpaired) electrons. The molecule has 2 fully saturated rings. The minimum absolute atomic E-state index is 0.119. The molecule has 148 valence electrons. The zero-order valence-electron chi connectivity index (χ0n) is 16.6. The highest BCUT2D eigenvalue weighted by Gasteiger charge is 2.33. The summed E-state index contributed by atoms with van der Waals surface area (Å²) in [5.41, 5.74) is 0.980. The average molecular weight is 373 g/mol. The number of methoxy groups -OCH3 is 1. The molecular formula is C21H32N4O2. The van der Waals surface area contributed by atoms with E-state index in [2.05, 4.69) is 27.2 Å². The summed E-state index contributed by atoms with van der Waals surface area (Å²) in [4.78, 5) is 14.8. The van der Waals surface area contributed by atoms with Gasteiger partial charge < -0.3 is 10.1 Å². The molecule has 0 spiro atoms. The number of aromatic nitrogens is 2. The van der Waals surface area contributed by atoms with Crippen molar-refractivity contribution in [2.45, 2.75) is 44.6 Å². The van der Waals surface area contributed by atoms with Crippen LogP contribution >= 0.6 is 0 Å². The Kier molecular flexibility index (Phi) is 7.31. The van der Waals surface area contributed by atoms with Gasteiger partial charge in [0, 0.05) is 45.9 Å². The third kappa shape index (κ3) is 5.57. The topological polar surface area (TPSA) is 59.4 Å². The number of hydrogen-bond donors (Lipinski definition) is 1. The van der Waals surface area contributed by atoms with Crippen molar-refractivity contribution in [2.24, 2.45) is 18.9 Å². The summed E-state index contributed by atoms with van der Waals surface area (Å²) in [6.45, 7) is 3.06. The number of likely N-dealkylation sites (tertiary alicyclic amines) is 1. The molecule has 27 heavy (non-hydrogen) atoms. The van der Waals surface area contributed by atoms with Crippen LogP contribution in [0.25, 0.3) is 0 Å². The smallest absolute Gasteiger partial charge is 0.223 e. The highest BCUT2D eigenvalue weighted by atomic mass is 16.5. The zero-order chi connectivity index (χ0) is 19.1. The Labute approximate surface area is 162 Å². The van der Waals surface area contributed by atoms with Crippen LogP contribution in [0.4, 0.5) is 0 Å². The van der Waals surface area contributed by atoms with E-state index >= 15 is 0 Å². The van der Waals surface area contributed by atoms with Crippen molar-refractivity contribution in [3.8, 4) is 11.8 Å². The highest BCUT2D eigenvalue weighted by Crippen LogP contribution is 2.32. The number of aryl methyl sites for hydroxylation is 1. The number of nitrogens with one attached hydrogen (secondary N) is 1. The van der Waals surface area contributed by atoms with Gasteiger partial charge in [0.2, 0.25) is 5.91 Å². The van der Waals surface area contributed by atoms with Gasteiger partial charge in [-0.05, 0) is 31.6 Å². The van der Waals surface area contributed by atoms with Crippen LogP contribution in [-0.4, -0.2) is 60.0 Å². The minimum atomic E-state index is 0.119. The van der Waals surface area contributed by atoms with Gasteiger partial charge in [0.15, 0.2) is 0 Å². The lowest BCUT2D eigenvalue weighted by atomic mass is 9.90. The standard InChI is InChI=1S/C21H32N4O2/c1-24-16-17(15-23-24)7-8-20(18-5-3-4-6-18)25-12-9-19(10-13-25)21(26)22-11-14-27-2/h15-16,18-20H,3-6,9-14H2,1-2H3,(H,22,26). The summed E-state index contributed by atoms with van der Waals surface area (Å²) >= 11 is 0. The Bertz CT molecular complexity index is 661. The first-order valence-electron chi connectivity index (χ1n) is 10.2. The molecule has 0 bridgehead atoms. The molecule has 1 N–H and O–H groups in total. The van der Waals surface area contributed by atoms with Crippen molar-refractivity contribution < 1.29 is 9.53 Å². The molecule has 2 aliphatic rings. The fourth-order valence-electron chi connectivity index (χ4n) is 4.28. The number of carbonyl (C=O) groups excluding carboxylic acids is 1. The van der Waals surface area contributed by atoms with E-state index in [0.717, 1.165) is 31.5 Å². The number of nitrogens with zero attached hydrogens (tertiary/aromatic N) is 3. The van der Waals surface area contributed by atoms with Crippen molar-refractivity contribution in [3.63, 3.8) is 0 Å². The van der Waals surface area contributed by atoms with Gasteiger partial charge in [-0.25, -0.2) is 0 Å². The van der Waals surface area contributed by atoms with Crippen LogP contribution < -0.4 is 5.32 Å². The first kappa shape index (κ1) is 19.9. The van der Waals surface area contributed by atoms with Gasteiger partial charge >= 0.3 is 0 Å². The molecule has 1 aromatic heterocycles. The molecule has 6 heteroatoms. The van der Waals surface area contributed by atoms with Crippen LogP contribution in [0, 0.1) is 23.7 Å². The predicted octanol–water partition coefficient (Wildman–Crippen LogP) is 1.81. The Hall–Kier alpha value is -1.84. The van der Waals surface area contributed by atoms with E-state index in [4.69, 9.17) is 4.74 Å². The Morgan fingerprint density at radius 3 is 2.70 bits per heavy atom. The van der Waals surface area contributed by atoms with Gasteiger partial charge in [-0.2, -0.15) is 5.10 Å². The normalized spacial score (nSPS) is 20.2. The maximum absolute atomic E-state index is 12.3. The molecule has 1 saturated carbocycles. The summed E-state index contributed by atoms with van der Waals surface area (Å²) in [7, 11) is 3.57. The maximum atomic E-state index is 12.3.